The first kappa shape index (κ1) is 24.4. The molecule has 0 unspecified atom stereocenters. The molecule has 36 heavy (non-hydrogen) atoms. The molecule has 4 N–H and O–H groups in total. The SMILES string of the molecule is O=C(NCc1cnc(N2C[C@H](O)CC[C@@H](O)C2)s1)c1ccc2c(c1)NC(=O)c1ccccc1S2(=O)=O. The molecule has 5 rings (SSSR count). The van der Waals surface area contributed by atoms with Crippen molar-refractivity contribution in [2.75, 3.05) is 23.3 Å². The minimum absolute atomic E-state index is 0.0437. The molecule has 2 aromatic carbocycles. The number of β-amino-alcohol motifs (C(OH)–C–C–N with tert-alkyl or cyclic N) is 2. The third kappa shape index (κ3) is 4.72. The van der Waals surface area contributed by atoms with Crippen LogP contribution in [0.25, 0.3) is 0 Å². The lowest BCUT2D eigenvalue weighted by Gasteiger charge is -2.22. The highest BCUT2D eigenvalue weighted by Gasteiger charge is 2.31. The lowest BCUT2D eigenvalue weighted by molar-refractivity contribution is 0.0949. The number of benzene rings is 2. The van der Waals surface area contributed by atoms with Gasteiger partial charge in [-0.1, -0.05) is 12.1 Å². The van der Waals surface area contributed by atoms with E-state index in [0.717, 1.165) is 4.88 Å². The quantitative estimate of drug-likeness (QED) is 0.401. The van der Waals surface area contributed by atoms with Crippen LogP contribution in [0.1, 0.15) is 38.4 Å². The van der Waals surface area contributed by atoms with Crippen molar-refractivity contribution in [3.63, 3.8) is 0 Å². The van der Waals surface area contributed by atoms with Crippen molar-refractivity contribution in [1.29, 1.82) is 0 Å². The van der Waals surface area contributed by atoms with E-state index in [0.29, 0.717) is 31.1 Å². The van der Waals surface area contributed by atoms with Gasteiger partial charge in [-0.15, -0.1) is 11.3 Å². The Morgan fingerprint density at radius 2 is 1.83 bits per heavy atom. The van der Waals surface area contributed by atoms with E-state index in [2.05, 4.69) is 15.6 Å². The number of aliphatic hydroxyl groups is 2. The number of sulfone groups is 1. The molecule has 3 heterocycles. The fraction of sp³-hybridized carbons (Fsp3) is 0.292. The predicted octanol–water partition coefficient (Wildman–Crippen LogP) is 1.79. The normalized spacial score (nSPS) is 20.9. The Morgan fingerprint density at radius 3 is 2.58 bits per heavy atom. The Labute approximate surface area is 211 Å². The maximum Gasteiger partial charge on any atom is 0.257 e. The zero-order valence-corrected chi connectivity index (χ0v) is 20.7. The lowest BCUT2D eigenvalue weighted by Crippen LogP contribution is -2.34. The monoisotopic (exact) mass is 528 g/mol. The van der Waals surface area contributed by atoms with Crippen LogP contribution in [0.3, 0.4) is 0 Å². The second-order valence-corrected chi connectivity index (χ2v) is 11.7. The predicted molar refractivity (Wildman–Crippen MR) is 133 cm³/mol. The largest absolute Gasteiger partial charge is 0.391 e. The van der Waals surface area contributed by atoms with Gasteiger partial charge in [0.1, 0.15) is 0 Å². The van der Waals surface area contributed by atoms with E-state index in [9.17, 15) is 28.2 Å². The number of aromatic nitrogens is 1. The van der Waals surface area contributed by atoms with E-state index < -0.39 is 33.9 Å². The third-order valence-corrected chi connectivity index (χ3v) is 9.06. The molecule has 0 aliphatic carbocycles. The second-order valence-electron chi connectivity index (χ2n) is 8.75. The smallest absolute Gasteiger partial charge is 0.257 e. The highest BCUT2D eigenvalue weighted by Crippen LogP contribution is 2.34. The number of hydrogen-bond donors (Lipinski definition) is 4. The number of amides is 2. The summed E-state index contributed by atoms with van der Waals surface area (Å²) in [5, 5.41) is 26.1. The molecule has 10 nitrogen and oxygen atoms in total. The Morgan fingerprint density at radius 1 is 1.11 bits per heavy atom. The number of carbonyl (C=O) groups is 2. The molecule has 3 aromatic rings. The summed E-state index contributed by atoms with van der Waals surface area (Å²) in [5.74, 6) is -1.01. The third-order valence-electron chi connectivity index (χ3n) is 6.13. The Balaban J connectivity index is 1.31. The summed E-state index contributed by atoms with van der Waals surface area (Å²) in [6.07, 6.45) is 1.60. The van der Waals surface area contributed by atoms with Crippen LogP contribution < -0.4 is 15.5 Å². The number of carbonyl (C=O) groups excluding carboxylic acids is 2. The average Bonchev–Trinajstić information content (AvgIpc) is 3.24. The van der Waals surface area contributed by atoms with Crippen LogP contribution in [0.4, 0.5) is 10.8 Å². The first-order valence-corrected chi connectivity index (χ1v) is 13.7. The highest BCUT2D eigenvalue weighted by molar-refractivity contribution is 7.91. The molecule has 1 saturated heterocycles. The molecule has 188 valence electrons. The summed E-state index contributed by atoms with van der Waals surface area (Å²) < 4.78 is 26.2. The molecular formula is C24H24N4O6S2. The number of aliphatic hydroxyl groups excluding tert-OH is 2. The van der Waals surface area contributed by atoms with Crippen molar-refractivity contribution in [1.82, 2.24) is 10.3 Å². The lowest BCUT2D eigenvalue weighted by atomic mass is 10.1. The van der Waals surface area contributed by atoms with E-state index in [1.54, 1.807) is 18.3 Å². The van der Waals surface area contributed by atoms with Gasteiger partial charge in [-0.05, 0) is 43.2 Å². The van der Waals surface area contributed by atoms with Gasteiger partial charge < -0.3 is 25.7 Å². The van der Waals surface area contributed by atoms with Crippen LogP contribution in [-0.4, -0.2) is 60.7 Å². The van der Waals surface area contributed by atoms with Crippen LogP contribution in [0.5, 0.6) is 0 Å². The minimum Gasteiger partial charge on any atom is -0.391 e. The number of nitrogens with one attached hydrogen (secondary N) is 2. The number of hydrogen-bond acceptors (Lipinski definition) is 9. The van der Waals surface area contributed by atoms with Crippen LogP contribution >= 0.6 is 11.3 Å². The van der Waals surface area contributed by atoms with Crippen LogP contribution in [0.2, 0.25) is 0 Å². The van der Waals surface area contributed by atoms with Crippen molar-refractivity contribution >= 4 is 43.8 Å². The molecule has 2 amide bonds. The van der Waals surface area contributed by atoms with Gasteiger partial charge in [-0.25, -0.2) is 13.4 Å². The van der Waals surface area contributed by atoms with Crippen molar-refractivity contribution in [2.24, 2.45) is 0 Å². The maximum atomic E-state index is 13.1. The molecule has 0 spiro atoms. The molecule has 12 heteroatoms. The Kier molecular flexibility index (Phi) is 6.51. The van der Waals surface area contributed by atoms with Crippen LogP contribution in [0, 0.1) is 0 Å². The molecule has 2 aliphatic rings. The van der Waals surface area contributed by atoms with E-state index in [4.69, 9.17) is 0 Å². The summed E-state index contributed by atoms with van der Waals surface area (Å²) in [6, 6.07) is 10.0. The summed E-state index contributed by atoms with van der Waals surface area (Å²) in [7, 11) is -3.95. The Bertz CT molecular complexity index is 1430. The molecular weight excluding hydrogens is 504 g/mol. The number of anilines is 2. The van der Waals surface area contributed by atoms with E-state index in [1.165, 1.54) is 41.7 Å². The number of nitrogens with zero attached hydrogens (tertiary/aromatic N) is 2. The average molecular weight is 529 g/mol. The topological polar surface area (TPSA) is 149 Å². The van der Waals surface area contributed by atoms with Gasteiger partial charge >= 0.3 is 0 Å². The van der Waals surface area contributed by atoms with E-state index >= 15 is 0 Å². The van der Waals surface area contributed by atoms with Gasteiger partial charge in [0, 0.05) is 29.7 Å². The molecule has 1 fully saturated rings. The molecule has 0 radical (unpaired) electrons. The standard InChI is InChI=1S/C24H24N4O6S2/c29-15-6-7-16(30)13-28(12-15)24-26-11-17(35-24)10-25-22(31)14-5-8-21-19(9-14)27-23(32)18-3-1-2-4-20(18)36(21,33)34/h1-5,8-9,11,15-16,29-30H,6-7,10,12-13H2,(H,25,31)(H,27,32)/t15-,16-/m1/s1. The van der Waals surface area contributed by atoms with Gasteiger partial charge in [-0.3, -0.25) is 9.59 Å². The molecule has 2 atom stereocenters. The van der Waals surface area contributed by atoms with Crippen LogP contribution in [0.15, 0.2) is 58.5 Å². The molecule has 1 aromatic heterocycles. The number of rotatable bonds is 4. The van der Waals surface area contributed by atoms with Gasteiger partial charge in [0.2, 0.25) is 9.84 Å². The highest BCUT2D eigenvalue weighted by atomic mass is 32.2. The number of thiazole rings is 1. The van der Waals surface area contributed by atoms with Crippen molar-refractivity contribution in [2.45, 2.75) is 41.4 Å². The van der Waals surface area contributed by atoms with Gasteiger partial charge in [0.05, 0.1) is 39.8 Å². The summed E-state index contributed by atoms with van der Waals surface area (Å²) in [6.45, 7) is 0.941. The van der Waals surface area contributed by atoms with Gasteiger partial charge in [-0.2, -0.15) is 0 Å². The Hall–Kier alpha value is -3.32. The molecule has 0 bridgehead atoms. The van der Waals surface area contributed by atoms with Crippen molar-refractivity contribution in [3.05, 3.63) is 64.7 Å². The van der Waals surface area contributed by atoms with Gasteiger partial charge in [0.25, 0.3) is 11.8 Å². The molecule has 0 saturated carbocycles. The maximum absolute atomic E-state index is 13.1. The first-order valence-electron chi connectivity index (χ1n) is 11.4. The fourth-order valence-electron chi connectivity index (χ4n) is 4.30. The van der Waals surface area contributed by atoms with E-state index in [-0.39, 0.29) is 33.2 Å². The van der Waals surface area contributed by atoms with Crippen molar-refractivity contribution < 1.29 is 28.2 Å². The second kappa shape index (κ2) is 9.62. The zero-order chi connectivity index (χ0) is 25.4. The minimum atomic E-state index is -3.95. The summed E-state index contributed by atoms with van der Waals surface area (Å²) >= 11 is 1.35. The van der Waals surface area contributed by atoms with Gasteiger partial charge in [0.15, 0.2) is 5.13 Å². The summed E-state index contributed by atoms with van der Waals surface area (Å²) in [5.41, 5.74) is 0.283. The first-order chi connectivity index (χ1) is 17.2. The summed E-state index contributed by atoms with van der Waals surface area (Å²) in [4.78, 5) is 32.3. The van der Waals surface area contributed by atoms with Crippen LogP contribution in [-0.2, 0) is 16.4 Å². The fourth-order valence-corrected chi connectivity index (χ4v) is 6.76. The number of fused-ring (bicyclic) bond motifs is 2. The zero-order valence-electron chi connectivity index (χ0n) is 19.0. The van der Waals surface area contributed by atoms with Crippen molar-refractivity contribution in [3.8, 4) is 0 Å². The molecule has 2 aliphatic heterocycles. The van der Waals surface area contributed by atoms with E-state index in [1.807, 2.05) is 4.90 Å².